The van der Waals surface area contributed by atoms with E-state index in [1.165, 1.54) is 4.90 Å². The van der Waals surface area contributed by atoms with Crippen LogP contribution in [0.1, 0.15) is 24.2 Å². The van der Waals surface area contributed by atoms with E-state index in [0.717, 1.165) is 11.4 Å². The lowest BCUT2D eigenvalue weighted by atomic mass is 10.1. The first kappa shape index (κ1) is 15.6. The Morgan fingerprint density at radius 2 is 1.65 bits per heavy atom. The van der Waals surface area contributed by atoms with Gasteiger partial charge in [0.1, 0.15) is 6.54 Å². The molecule has 2 aromatic carbocycles. The van der Waals surface area contributed by atoms with Gasteiger partial charge in [-0.25, -0.2) is 0 Å². The van der Waals surface area contributed by atoms with Gasteiger partial charge in [0.05, 0.1) is 11.4 Å². The predicted molar refractivity (Wildman–Crippen MR) is 92.2 cm³/mol. The van der Waals surface area contributed by atoms with E-state index >= 15 is 0 Å². The van der Waals surface area contributed by atoms with Gasteiger partial charge in [-0.3, -0.25) is 14.5 Å². The van der Waals surface area contributed by atoms with Crippen molar-refractivity contribution in [2.24, 2.45) is 0 Å². The largest absolute Gasteiger partial charge is 0.306 e. The van der Waals surface area contributed by atoms with Gasteiger partial charge in [0.15, 0.2) is 0 Å². The molecule has 2 amide bonds. The highest BCUT2D eigenvalue weighted by molar-refractivity contribution is 6.30. The average Bonchev–Trinajstić information content (AvgIpc) is 2.53. The molecule has 0 fully saturated rings. The first-order valence-corrected chi connectivity index (χ1v) is 7.85. The van der Waals surface area contributed by atoms with Crippen molar-refractivity contribution >= 4 is 34.8 Å². The maximum Gasteiger partial charge on any atom is 0.258 e. The molecule has 3 rings (SSSR count). The van der Waals surface area contributed by atoms with Gasteiger partial charge < -0.3 is 4.90 Å². The summed E-state index contributed by atoms with van der Waals surface area (Å²) in [5.74, 6) is -0.285. The molecule has 0 spiro atoms. The Morgan fingerprint density at radius 3 is 2.26 bits per heavy atom. The van der Waals surface area contributed by atoms with Gasteiger partial charge in [-0.15, -0.1) is 0 Å². The van der Waals surface area contributed by atoms with Crippen molar-refractivity contribution in [2.75, 3.05) is 16.3 Å². The van der Waals surface area contributed by atoms with Crippen LogP contribution in [0.4, 0.5) is 11.4 Å². The van der Waals surface area contributed by atoms with E-state index in [-0.39, 0.29) is 24.4 Å². The summed E-state index contributed by atoms with van der Waals surface area (Å²) < 4.78 is 0. The van der Waals surface area contributed by atoms with E-state index in [4.69, 9.17) is 11.6 Å². The quantitative estimate of drug-likeness (QED) is 0.842. The summed E-state index contributed by atoms with van der Waals surface area (Å²) in [6, 6.07) is 14.2. The maximum atomic E-state index is 12.8. The standard InChI is InChI=1S/C18H17ClN2O2/c1-12(2)21-16-6-4-3-5-15(16)20(11-17(21)22)18(23)13-7-9-14(19)10-8-13/h3-10,12H,11H2,1-2H3. The van der Waals surface area contributed by atoms with Crippen LogP contribution >= 0.6 is 11.6 Å². The van der Waals surface area contributed by atoms with Gasteiger partial charge >= 0.3 is 0 Å². The number of benzene rings is 2. The van der Waals surface area contributed by atoms with Crippen molar-refractivity contribution in [3.63, 3.8) is 0 Å². The summed E-state index contributed by atoms with van der Waals surface area (Å²) in [6.07, 6.45) is 0. The minimum Gasteiger partial charge on any atom is -0.306 e. The molecule has 0 aliphatic carbocycles. The molecule has 118 valence electrons. The third kappa shape index (κ3) is 2.82. The van der Waals surface area contributed by atoms with Gasteiger partial charge in [-0.05, 0) is 50.2 Å². The van der Waals surface area contributed by atoms with Gasteiger partial charge in [-0.2, -0.15) is 0 Å². The molecule has 0 unspecified atom stereocenters. The fourth-order valence-electron chi connectivity index (χ4n) is 2.82. The molecule has 5 heteroatoms. The van der Waals surface area contributed by atoms with Crippen LogP contribution in [-0.2, 0) is 4.79 Å². The van der Waals surface area contributed by atoms with E-state index in [0.29, 0.717) is 10.6 Å². The number of hydrogen-bond acceptors (Lipinski definition) is 2. The minimum atomic E-state index is -0.203. The van der Waals surface area contributed by atoms with Crippen molar-refractivity contribution in [2.45, 2.75) is 19.9 Å². The number of amides is 2. The zero-order chi connectivity index (χ0) is 16.6. The fraction of sp³-hybridized carbons (Fsp3) is 0.222. The summed E-state index contributed by atoms with van der Waals surface area (Å²) in [6.45, 7) is 3.97. The van der Waals surface area contributed by atoms with Crippen LogP contribution in [0.3, 0.4) is 0 Å². The minimum absolute atomic E-state index is 0.0383. The van der Waals surface area contributed by atoms with E-state index in [1.54, 1.807) is 29.2 Å². The lowest BCUT2D eigenvalue weighted by molar-refractivity contribution is -0.117. The van der Waals surface area contributed by atoms with E-state index < -0.39 is 0 Å². The van der Waals surface area contributed by atoms with Crippen LogP contribution in [0, 0.1) is 0 Å². The summed E-state index contributed by atoms with van der Waals surface area (Å²) in [7, 11) is 0. The zero-order valence-electron chi connectivity index (χ0n) is 13.0. The molecule has 0 saturated carbocycles. The van der Waals surface area contributed by atoms with Crippen LogP contribution in [0.5, 0.6) is 0 Å². The van der Waals surface area contributed by atoms with Crippen molar-refractivity contribution in [1.29, 1.82) is 0 Å². The third-order valence-electron chi connectivity index (χ3n) is 3.85. The Bertz CT molecular complexity index is 756. The number of hydrogen-bond donors (Lipinski definition) is 0. The number of para-hydroxylation sites is 2. The zero-order valence-corrected chi connectivity index (χ0v) is 13.7. The number of anilines is 2. The molecule has 1 aliphatic heterocycles. The number of carbonyl (C=O) groups is 2. The molecule has 1 heterocycles. The first-order chi connectivity index (χ1) is 11.0. The molecular weight excluding hydrogens is 312 g/mol. The highest BCUT2D eigenvalue weighted by atomic mass is 35.5. The topological polar surface area (TPSA) is 40.6 Å². The van der Waals surface area contributed by atoms with Gasteiger partial charge in [0.25, 0.3) is 5.91 Å². The van der Waals surface area contributed by atoms with E-state index in [9.17, 15) is 9.59 Å². The van der Waals surface area contributed by atoms with Crippen LogP contribution in [-0.4, -0.2) is 24.4 Å². The van der Waals surface area contributed by atoms with E-state index in [2.05, 4.69) is 0 Å². The SMILES string of the molecule is CC(C)N1C(=O)CN(C(=O)c2ccc(Cl)cc2)c2ccccc21. The van der Waals surface area contributed by atoms with Crippen molar-refractivity contribution in [3.05, 3.63) is 59.1 Å². The predicted octanol–water partition coefficient (Wildman–Crippen LogP) is 3.74. The van der Waals surface area contributed by atoms with Crippen molar-refractivity contribution in [3.8, 4) is 0 Å². The van der Waals surface area contributed by atoms with Crippen molar-refractivity contribution in [1.82, 2.24) is 0 Å². The Labute approximate surface area is 140 Å². The number of halogens is 1. The second-order valence-corrected chi connectivity index (χ2v) is 6.18. The molecular formula is C18H17ClN2O2. The number of rotatable bonds is 2. The number of fused-ring (bicyclic) bond motifs is 1. The van der Waals surface area contributed by atoms with Crippen LogP contribution < -0.4 is 9.80 Å². The number of nitrogens with zero attached hydrogens (tertiary/aromatic N) is 2. The molecule has 4 nitrogen and oxygen atoms in total. The van der Waals surface area contributed by atoms with Gasteiger partial charge in [-0.1, -0.05) is 23.7 Å². The van der Waals surface area contributed by atoms with Crippen LogP contribution in [0.25, 0.3) is 0 Å². The van der Waals surface area contributed by atoms with Crippen LogP contribution in [0.2, 0.25) is 5.02 Å². The Kier molecular flexibility index (Phi) is 4.09. The fourth-order valence-corrected chi connectivity index (χ4v) is 2.95. The molecule has 0 saturated heterocycles. The molecule has 0 radical (unpaired) electrons. The number of carbonyl (C=O) groups excluding carboxylic acids is 2. The summed E-state index contributed by atoms with van der Waals surface area (Å²) in [5.41, 5.74) is 2.02. The van der Waals surface area contributed by atoms with E-state index in [1.807, 2.05) is 38.1 Å². The highest BCUT2D eigenvalue weighted by Gasteiger charge is 2.33. The molecule has 0 bridgehead atoms. The average molecular weight is 329 g/mol. The first-order valence-electron chi connectivity index (χ1n) is 7.47. The lowest BCUT2D eigenvalue weighted by Gasteiger charge is -2.38. The Hall–Kier alpha value is -2.33. The molecule has 23 heavy (non-hydrogen) atoms. The summed E-state index contributed by atoms with van der Waals surface area (Å²) >= 11 is 5.87. The van der Waals surface area contributed by atoms with Gasteiger partial charge in [0, 0.05) is 16.6 Å². The highest BCUT2D eigenvalue weighted by Crippen LogP contribution is 2.35. The second-order valence-electron chi connectivity index (χ2n) is 5.74. The smallest absolute Gasteiger partial charge is 0.258 e. The molecule has 2 aromatic rings. The summed E-state index contributed by atoms with van der Waals surface area (Å²) in [5, 5.41) is 0.572. The summed E-state index contributed by atoms with van der Waals surface area (Å²) in [4.78, 5) is 28.6. The molecule has 0 atom stereocenters. The monoisotopic (exact) mass is 328 g/mol. The Morgan fingerprint density at radius 1 is 1.04 bits per heavy atom. The lowest BCUT2D eigenvalue weighted by Crippen LogP contribution is -2.50. The molecule has 0 aromatic heterocycles. The Balaban J connectivity index is 2.03. The second kappa shape index (κ2) is 6.05. The van der Waals surface area contributed by atoms with Crippen molar-refractivity contribution < 1.29 is 9.59 Å². The third-order valence-corrected chi connectivity index (χ3v) is 4.10. The molecule has 1 aliphatic rings. The maximum absolute atomic E-state index is 12.8. The molecule has 0 N–H and O–H groups in total. The normalized spacial score (nSPS) is 14.2. The van der Waals surface area contributed by atoms with Gasteiger partial charge in [0.2, 0.25) is 5.91 Å². The van der Waals surface area contributed by atoms with Crippen LogP contribution in [0.15, 0.2) is 48.5 Å².